The van der Waals surface area contributed by atoms with Crippen molar-refractivity contribution in [2.45, 2.75) is 52.5 Å². The molecule has 0 radical (unpaired) electrons. The first-order valence-electron chi connectivity index (χ1n) is 16.2. The molecule has 0 spiro atoms. The van der Waals surface area contributed by atoms with E-state index in [1.807, 2.05) is 13.0 Å². The first-order valence-corrected chi connectivity index (χ1v) is 16.2. The molecule has 3 heterocycles. The van der Waals surface area contributed by atoms with Crippen LogP contribution in [0.4, 0.5) is 4.79 Å². The number of fused-ring (bicyclic) bond motifs is 1. The molecule has 1 unspecified atom stereocenters. The van der Waals surface area contributed by atoms with Gasteiger partial charge in [0.25, 0.3) is 11.8 Å². The molecule has 1 atom stereocenters. The average Bonchev–Trinajstić information content (AvgIpc) is 3.08. The van der Waals surface area contributed by atoms with Crippen LogP contribution in [0.25, 0.3) is 10.9 Å². The molecule has 1 aromatic carbocycles. The molecular formula is C33H43N5O10. The summed E-state index contributed by atoms with van der Waals surface area (Å²) in [7, 11) is 0. The number of esters is 1. The number of aryl methyl sites for hydroxylation is 1. The van der Waals surface area contributed by atoms with Crippen molar-refractivity contribution in [3.63, 3.8) is 0 Å². The molecule has 15 heteroatoms. The van der Waals surface area contributed by atoms with Crippen molar-refractivity contribution in [1.82, 2.24) is 25.0 Å². The summed E-state index contributed by atoms with van der Waals surface area (Å²) in [6, 6.07) is 5.61. The number of nitrogens with one attached hydrogen (secondary N) is 1. The van der Waals surface area contributed by atoms with E-state index in [1.165, 1.54) is 15.9 Å². The first kappa shape index (κ1) is 35.9. The van der Waals surface area contributed by atoms with E-state index in [9.17, 15) is 33.9 Å². The van der Waals surface area contributed by atoms with Gasteiger partial charge in [-0.25, -0.2) is 9.78 Å². The largest absolute Gasteiger partial charge is 0.483 e. The number of carbonyl (C=O) groups excluding carboxylic acids is 5. The first-order chi connectivity index (χ1) is 23.0. The number of hydrogen-bond donors (Lipinski definition) is 2. The van der Waals surface area contributed by atoms with Crippen LogP contribution in [0, 0.1) is 12.8 Å². The normalized spacial score (nSPS) is 15.9. The lowest BCUT2D eigenvalue weighted by Crippen LogP contribution is -2.56. The fraction of sp³-hybridized carbons (Fsp3) is 0.545. The van der Waals surface area contributed by atoms with Gasteiger partial charge >= 0.3 is 18.0 Å². The number of rotatable bonds is 12. The standard InChI is InChI=1S/C33H43N5O10/c1-4-46-32(44)22-10-12-36(13-11-22)28(39)20-48-27-19-26(34-25-18-21(3)6-7-23(25)27)30(42)35-24(8-9-29(40)41)31(43)37-14-16-38(17-15-37)33(45)47-5-2/h6-7,18-19,22,24H,4-5,8-17,20H2,1-3H3,(H,35,42)(H,40,41). The summed E-state index contributed by atoms with van der Waals surface area (Å²) in [5, 5.41) is 12.5. The smallest absolute Gasteiger partial charge is 0.409 e. The second kappa shape index (κ2) is 16.7. The molecule has 15 nitrogen and oxygen atoms in total. The molecule has 2 aromatic rings. The number of aliphatic carboxylic acids is 1. The third-order valence-corrected chi connectivity index (χ3v) is 8.35. The Hall–Kier alpha value is -4.95. The van der Waals surface area contributed by atoms with Crippen molar-refractivity contribution in [2.75, 3.05) is 59.1 Å². The number of aromatic nitrogens is 1. The van der Waals surface area contributed by atoms with Crippen molar-refractivity contribution in [1.29, 1.82) is 0 Å². The predicted octanol–water partition coefficient (Wildman–Crippen LogP) is 1.99. The molecule has 0 bridgehead atoms. The van der Waals surface area contributed by atoms with E-state index >= 15 is 0 Å². The lowest BCUT2D eigenvalue weighted by atomic mass is 9.97. The minimum absolute atomic E-state index is 0.0777. The molecule has 0 saturated carbocycles. The highest BCUT2D eigenvalue weighted by atomic mass is 16.6. The second-order valence-electron chi connectivity index (χ2n) is 11.7. The van der Waals surface area contributed by atoms with Gasteiger partial charge < -0.3 is 39.3 Å². The van der Waals surface area contributed by atoms with Crippen LogP contribution >= 0.6 is 0 Å². The number of benzene rings is 1. The monoisotopic (exact) mass is 669 g/mol. The number of amides is 4. The van der Waals surface area contributed by atoms with E-state index in [4.69, 9.17) is 14.2 Å². The predicted molar refractivity (Wildman–Crippen MR) is 171 cm³/mol. The van der Waals surface area contributed by atoms with Gasteiger partial charge in [-0.1, -0.05) is 6.07 Å². The molecule has 1 aromatic heterocycles. The molecule has 2 aliphatic heterocycles. The summed E-state index contributed by atoms with van der Waals surface area (Å²) in [5.74, 6) is -2.86. The Morgan fingerprint density at radius 2 is 1.58 bits per heavy atom. The van der Waals surface area contributed by atoms with Gasteiger partial charge in [0.1, 0.15) is 17.5 Å². The maximum absolute atomic E-state index is 13.6. The number of carboxylic acid groups (broad SMARTS) is 1. The van der Waals surface area contributed by atoms with E-state index in [2.05, 4.69) is 10.3 Å². The molecule has 2 fully saturated rings. The Bertz CT molecular complexity index is 1520. The third-order valence-electron chi connectivity index (χ3n) is 8.35. The quantitative estimate of drug-likeness (QED) is 0.315. The summed E-state index contributed by atoms with van der Waals surface area (Å²) in [5.41, 5.74) is 1.23. The van der Waals surface area contributed by atoms with Crippen LogP contribution in [0.2, 0.25) is 0 Å². The van der Waals surface area contributed by atoms with Crippen LogP contribution in [0.5, 0.6) is 5.75 Å². The van der Waals surface area contributed by atoms with Crippen molar-refractivity contribution in [2.24, 2.45) is 5.92 Å². The van der Waals surface area contributed by atoms with Crippen LogP contribution in [-0.4, -0.2) is 126 Å². The van der Waals surface area contributed by atoms with Crippen LogP contribution in [0.1, 0.15) is 55.6 Å². The van der Waals surface area contributed by atoms with E-state index in [0.717, 1.165) is 5.56 Å². The summed E-state index contributed by atoms with van der Waals surface area (Å²) >= 11 is 0. The number of likely N-dealkylation sites (tertiary alicyclic amines) is 1. The zero-order valence-electron chi connectivity index (χ0n) is 27.6. The highest BCUT2D eigenvalue weighted by Crippen LogP contribution is 2.27. The SMILES string of the molecule is CCOC(=O)C1CCN(C(=O)COc2cc(C(=O)NC(CCC(=O)O)C(=O)N3CCN(C(=O)OCC)CC3)nc3cc(C)ccc23)CC1. The highest BCUT2D eigenvalue weighted by Gasteiger charge is 2.32. The number of hydrogen-bond acceptors (Lipinski definition) is 10. The van der Waals surface area contributed by atoms with Gasteiger partial charge in [0, 0.05) is 57.1 Å². The Morgan fingerprint density at radius 3 is 2.23 bits per heavy atom. The molecule has 2 saturated heterocycles. The van der Waals surface area contributed by atoms with E-state index < -0.39 is 29.9 Å². The molecule has 4 amide bonds. The maximum Gasteiger partial charge on any atom is 0.409 e. The molecule has 2 N–H and O–H groups in total. The van der Waals surface area contributed by atoms with Crippen molar-refractivity contribution >= 4 is 46.7 Å². The van der Waals surface area contributed by atoms with Gasteiger partial charge in [0.2, 0.25) is 5.91 Å². The Labute approximate surface area is 278 Å². The number of carboxylic acids is 1. The summed E-state index contributed by atoms with van der Waals surface area (Å²) in [6.07, 6.45) is -0.00632. The average molecular weight is 670 g/mol. The third kappa shape index (κ3) is 9.32. The molecule has 4 rings (SSSR count). The number of piperazine rings is 1. The summed E-state index contributed by atoms with van der Waals surface area (Å²) < 4.78 is 16.1. The lowest BCUT2D eigenvalue weighted by molar-refractivity contribution is -0.151. The van der Waals surface area contributed by atoms with Gasteiger partial charge in [-0.15, -0.1) is 0 Å². The number of piperidine rings is 1. The Balaban J connectivity index is 1.47. The fourth-order valence-electron chi connectivity index (χ4n) is 5.70. The van der Waals surface area contributed by atoms with E-state index in [-0.39, 0.29) is 81.5 Å². The van der Waals surface area contributed by atoms with Gasteiger partial charge in [0.15, 0.2) is 6.61 Å². The number of ether oxygens (including phenoxy) is 3. The van der Waals surface area contributed by atoms with Gasteiger partial charge in [-0.3, -0.25) is 24.0 Å². The minimum Gasteiger partial charge on any atom is -0.483 e. The molecule has 260 valence electrons. The van der Waals surface area contributed by atoms with Crippen LogP contribution in [-0.2, 0) is 28.7 Å². The van der Waals surface area contributed by atoms with E-state index in [0.29, 0.717) is 43.4 Å². The van der Waals surface area contributed by atoms with Crippen LogP contribution < -0.4 is 10.1 Å². The summed E-state index contributed by atoms with van der Waals surface area (Å²) in [4.78, 5) is 84.7. The zero-order valence-corrected chi connectivity index (χ0v) is 27.6. The molecular weight excluding hydrogens is 626 g/mol. The summed E-state index contributed by atoms with van der Waals surface area (Å²) in [6.45, 7) is 7.17. The van der Waals surface area contributed by atoms with Crippen molar-refractivity contribution in [3.8, 4) is 5.75 Å². The zero-order chi connectivity index (χ0) is 34.8. The van der Waals surface area contributed by atoms with Gasteiger partial charge in [0.05, 0.1) is 24.6 Å². The number of pyridine rings is 1. The topological polar surface area (TPSA) is 185 Å². The Kier molecular flexibility index (Phi) is 12.5. The van der Waals surface area contributed by atoms with Gasteiger partial charge in [-0.2, -0.15) is 0 Å². The van der Waals surface area contributed by atoms with Crippen molar-refractivity contribution in [3.05, 3.63) is 35.5 Å². The molecule has 2 aliphatic rings. The second-order valence-corrected chi connectivity index (χ2v) is 11.7. The molecule has 0 aliphatic carbocycles. The fourth-order valence-corrected chi connectivity index (χ4v) is 5.70. The Morgan fingerprint density at radius 1 is 0.917 bits per heavy atom. The minimum atomic E-state index is -1.17. The van der Waals surface area contributed by atoms with Crippen molar-refractivity contribution < 1.29 is 48.1 Å². The van der Waals surface area contributed by atoms with E-state index in [1.54, 1.807) is 30.9 Å². The lowest BCUT2D eigenvalue weighted by Gasteiger charge is -2.35. The number of nitrogens with zero attached hydrogens (tertiary/aromatic N) is 4. The van der Waals surface area contributed by atoms with Gasteiger partial charge in [-0.05, 0) is 57.7 Å². The highest BCUT2D eigenvalue weighted by molar-refractivity contribution is 5.99. The molecule has 48 heavy (non-hydrogen) atoms. The van der Waals surface area contributed by atoms with Crippen LogP contribution in [0.3, 0.4) is 0 Å². The number of carbonyl (C=O) groups is 6. The van der Waals surface area contributed by atoms with Crippen LogP contribution in [0.15, 0.2) is 24.3 Å². The maximum atomic E-state index is 13.6.